The molecule has 2 aromatic carbocycles. The van der Waals surface area contributed by atoms with Crippen molar-refractivity contribution in [2.75, 3.05) is 0 Å². The Bertz CT molecular complexity index is 948. The van der Waals surface area contributed by atoms with Gasteiger partial charge in [0.25, 0.3) is 5.89 Å². The van der Waals surface area contributed by atoms with Crippen molar-refractivity contribution >= 4 is 0 Å². The van der Waals surface area contributed by atoms with Gasteiger partial charge in [-0.15, -0.1) is 10.2 Å². The fraction of sp³-hybridized carbons (Fsp3) is 0.125. The second-order valence-electron chi connectivity index (χ2n) is 5.28. The highest BCUT2D eigenvalue weighted by molar-refractivity contribution is 5.60. The maximum atomic E-state index is 14.0. The van der Waals surface area contributed by atoms with Crippen LogP contribution in [0.3, 0.4) is 0 Å². The van der Waals surface area contributed by atoms with Crippen LogP contribution >= 0.6 is 0 Å². The van der Waals surface area contributed by atoms with E-state index in [1.54, 1.807) is 19.1 Å². The van der Waals surface area contributed by atoms with Gasteiger partial charge in [-0.3, -0.25) is 0 Å². The minimum atomic E-state index is -5.63. The number of aromatic nitrogens is 2. The van der Waals surface area contributed by atoms with Crippen LogP contribution in [0.2, 0.25) is 0 Å². The number of halogens is 7. The molecule has 0 saturated carbocycles. The van der Waals surface area contributed by atoms with E-state index in [4.69, 9.17) is 4.42 Å². The molecule has 0 bridgehead atoms. The summed E-state index contributed by atoms with van der Waals surface area (Å²) >= 11 is 0. The molecule has 3 nitrogen and oxygen atoms in total. The summed E-state index contributed by atoms with van der Waals surface area (Å²) in [6, 6.07) is 6.40. The Hall–Kier alpha value is -2.91. The van der Waals surface area contributed by atoms with Crippen LogP contribution in [0.4, 0.5) is 30.7 Å². The predicted octanol–water partition coefficient (Wildman–Crippen LogP) is 5.29. The minimum Gasteiger partial charge on any atom is -0.416 e. The fourth-order valence-electron chi connectivity index (χ4n) is 2.21. The van der Waals surface area contributed by atoms with Gasteiger partial charge in [-0.25, -0.2) is 17.6 Å². The number of hydrogen-bond acceptors (Lipinski definition) is 3. The lowest BCUT2D eigenvalue weighted by Gasteiger charge is -2.12. The van der Waals surface area contributed by atoms with Gasteiger partial charge in [0.15, 0.2) is 23.3 Å². The third-order valence-electron chi connectivity index (χ3n) is 3.48. The summed E-state index contributed by atoms with van der Waals surface area (Å²) in [5, 5.41) is 6.76. The van der Waals surface area contributed by atoms with Crippen LogP contribution in [0, 0.1) is 30.2 Å². The van der Waals surface area contributed by atoms with Crippen molar-refractivity contribution in [3.8, 4) is 22.9 Å². The highest BCUT2D eigenvalue weighted by Gasteiger charge is 2.43. The quantitative estimate of drug-likeness (QED) is 0.451. The summed E-state index contributed by atoms with van der Waals surface area (Å²) in [7, 11) is 0. The molecule has 0 spiro atoms. The molecule has 1 heterocycles. The van der Waals surface area contributed by atoms with E-state index >= 15 is 0 Å². The van der Waals surface area contributed by atoms with E-state index in [0.717, 1.165) is 5.56 Å². The van der Waals surface area contributed by atoms with Crippen molar-refractivity contribution in [3.63, 3.8) is 0 Å². The SMILES string of the molecule is Cc1ccc(-c2nnc(-c3c(F)c(F)c(C(F)(F)F)c(F)c3F)o2)cc1. The molecule has 0 amide bonds. The highest BCUT2D eigenvalue weighted by Crippen LogP contribution is 2.39. The lowest BCUT2D eigenvalue weighted by molar-refractivity contribution is -0.143. The topological polar surface area (TPSA) is 38.9 Å². The van der Waals surface area contributed by atoms with Crippen molar-refractivity contribution in [3.05, 3.63) is 58.7 Å². The molecule has 0 aliphatic heterocycles. The minimum absolute atomic E-state index is 0.237. The van der Waals surface area contributed by atoms with Crippen LogP contribution in [0.5, 0.6) is 0 Å². The number of nitrogens with zero attached hydrogens (tertiary/aromatic N) is 2. The van der Waals surface area contributed by atoms with Gasteiger partial charge >= 0.3 is 6.18 Å². The molecular weight excluding hydrogens is 369 g/mol. The summed E-state index contributed by atoms with van der Waals surface area (Å²) < 4.78 is 98.0. The predicted molar refractivity (Wildman–Crippen MR) is 74.7 cm³/mol. The summed E-state index contributed by atoms with van der Waals surface area (Å²) in [4.78, 5) is 0. The van der Waals surface area contributed by atoms with Gasteiger partial charge in [-0.2, -0.15) is 13.2 Å². The summed E-state index contributed by atoms with van der Waals surface area (Å²) in [6.07, 6.45) is -5.63. The Balaban J connectivity index is 2.15. The van der Waals surface area contributed by atoms with Crippen LogP contribution in [-0.4, -0.2) is 10.2 Å². The molecule has 3 rings (SSSR count). The zero-order valence-electron chi connectivity index (χ0n) is 12.8. The standard InChI is InChI=1S/C16H7F7N2O/c1-6-2-4-7(5-3-6)14-24-25-15(26-14)8-10(17)12(19)9(16(21,22)23)13(20)11(8)18/h2-5H,1H3. The Morgan fingerprint density at radius 1 is 0.769 bits per heavy atom. The molecule has 0 unspecified atom stereocenters. The Morgan fingerprint density at radius 3 is 1.77 bits per heavy atom. The lowest BCUT2D eigenvalue weighted by atomic mass is 10.1. The first kappa shape index (κ1) is 17.9. The molecule has 0 radical (unpaired) electrons. The van der Waals surface area contributed by atoms with Crippen molar-refractivity contribution in [1.82, 2.24) is 10.2 Å². The molecular formula is C16H7F7N2O. The van der Waals surface area contributed by atoms with Gasteiger partial charge in [-0.05, 0) is 19.1 Å². The van der Waals surface area contributed by atoms with E-state index in [1.165, 1.54) is 12.1 Å². The molecule has 1 aromatic heterocycles. The molecule has 0 aliphatic carbocycles. The largest absolute Gasteiger partial charge is 0.422 e. The summed E-state index contributed by atoms with van der Waals surface area (Å²) in [5.74, 6) is -11.0. The number of rotatable bonds is 2. The molecule has 0 saturated heterocycles. The zero-order valence-corrected chi connectivity index (χ0v) is 12.8. The monoisotopic (exact) mass is 376 g/mol. The Morgan fingerprint density at radius 2 is 1.27 bits per heavy atom. The molecule has 3 aromatic rings. The van der Waals surface area contributed by atoms with Gasteiger partial charge < -0.3 is 4.42 Å². The first-order valence-electron chi connectivity index (χ1n) is 6.95. The first-order chi connectivity index (χ1) is 12.1. The zero-order chi connectivity index (χ0) is 19.2. The van der Waals surface area contributed by atoms with E-state index in [9.17, 15) is 30.7 Å². The smallest absolute Gasteiger partial charge is 0.416 e. The molecule has 10 heteroatoms. The van der Waals surface area contributed by atoms with Crippen LogP contribution < -0.4 is 0 Å². The van der Waals surface area contributed by atoms with Crippen molar-refractivity contribution in [2.45, 2.75) is 13.1 Å². The molecule has 136 valence electrons. The summed E-state index contributed by atoms with van der Waals surface area (Å²) in [5.41, 5.74) is -2.96. The maximum absolute atomic E-state index is 14.0. The number of benzene rings is 2. The number of aryl methyl sites for hydroxylation is 1. The van der Waals surface area contributed by atoms with Crippen molar-refractivity contribution < 1.29 is 35.2 Å². The third-order valence-corrected chi connectivity index (χ3v) is 3.48. The second kappa shape index (κ2) is 6.11. The van der Waals surface area contributed by atoms with Gasteiger partial charge in [0, 0.05) is 5.56 Å². The second-order valence-corrected chi connectivity index (χ2v) is 5.28. The third kappa shape index (κ3) is 2.91. The number of hydrogen-bond donors (Lipinski definition) is 0. The van der Waals surface area contributed by atoms with Crippen molar-refractivity contribution in [2.24, 2.45) is 0 Å². The first-order valence-corrected chi connectivity index (χ1v) is 6.95. The fourth-order valence-corrected chi connectivity index (χ4v) is 2.21. The van der Waals surface area contributed by atoms with Crippen LogP contribution in [0.25, 0.3) is 22.9 Å². The van der Waals surface area contributed by atoms with Gasteiger partial charge in [0.05, 0.1) is 0 Å². The average molecular weight is 376 g/mol. The normalized spacial score (nSPS) is 11.8. The van der Waals surface area contributed by atoms with E-state index < -0.39 is 46.5 Å². The molecule has 0 fully saturated rings. The molecule has 0 atom stereocenters. The van der Waals surface area contributed by atoms with Crippen LogP contribution in [0.15, 0.2) is 28.7 Å². The van der Waals surface area contributed by atoms with E-state index in [0.29, 0.717) is 5.56 Å². The Labute approximate surface area is 141 Å². The van der Waals surface area contributed by atoms with Gasteiger partial charge in [0.2, 0.25) is 5.89 Å². The molecule has 0 aliphatic rings. The average Bonchev–Trinajstić information content (AvgIpc) is 3.02. The summed E-state index contributed by atoms with van der Waals surface area (Å²) in [6.45, 7) is 1.79. The van der Waals surface area contributed by atoms with Crippen LogP contribution in [0.1, 0.15) is 11.1 Å². The lowest BCUT2D eigenvalue weighted by Crippen LogP contribution is -2.16. The Kier molecular flexibility index (Phi) is 4.21. The van der Waals surface area contributed by atoms with E-state index in [1.807, 2.05) is 0 Å². The van der Waals surface area contributed by atoms with Crippen molar-refractivity contribution in [1.29, 1.82) is 0 Å². The molecule has 26 heavy (non-hydrogen) atoms. The van der Waals surface area contributed by atoms with E-state index in [-0.39, 0.29) is 5.89 Å². The van der Waals surface area contributed by atoms with Gasteiger partial charge in [-0.1, -0.05) is 17.7 Å². The van der Waals surface area contributed by atoms with Crippen LogP contribution in [-0.2, 0) is 6.18 Å². The number of alkyl halides is 3. The molecule has 0 N–H and O–H groups in total. The van der Waals surface area contributed by atoms with E-state index in [2.05, 4.69) is 10.2 Å². The highest BCUT2D eigenvalue weighted by atomic mass is 19.4. The maximum Gasteiger partial charge on any atom is 0.422 e. The van der Waals surface area contributed by atoms with Gasteiger partial charge in [0.1, 0.15) is 11.1 Å².